The normalized spacial score (nSPS) is 36.3. The predicted octanol–water partition coefficient (Wildman–Crippen LogP) is 1.79. The van der Waals surface area contributed by atoms with Crippen LogP contribution in [-0.2, 0) is 9.53 Å². The molecule has 110 valence electrons. The number of nitrogens with zero attached hydrogens (tertiary/aromatic N) is 1. The molecule has 0 aromatic heterocycles. The van der Waals surface area contributed by atoms with E-state index in [1.165, 1.54) is 0 Å². The second-order valence-corrected chi connectivity index (χ2v) is 6.40. The quantitative estimate of drug-likeness (QED) is 0.848. The minimum atomic E-state index is -0.176. The van der Waals surface area contributed by atoms with Gasteiger partial charge in [0, 0.05) is 26.7 Å². The molecule has 2 heterocycles. The lowest BCUT2D eigenvalue weighted by molar-refractivity contribution is -0.151. The largest absolute Gasteiger partial charge is 0.377 e. The summed E-state index contributed by atoms with van der Waals surface area (Å²) in [5.41, 5.74) is -0.338. The summed E-state index contributed by atoms with van der Waals surface area (Å²) in [6, 6.07) is 0. The van der Waals surface area contributed by atoms with E-state index < -0.39 is 0 Å². The second-order valence-electron chi connectivity index (χ2n) is 6.40. The molecule has 1 N–H and O–H groups in total. The fourth-order valence-electron chi connectivity index (χ4n) is 3.48. The Bertz CT molecular complexity index is 326. The molecule has 0 saturated carbocycles. The third-order valence-corrected chi connectivity index (χ3v) is 5.04. The van der Waals surface area contributed by atoms with Crippen LogP contribution in [0.5, 0.6) is 0 Å². The number of nitrogens with one attached hydrogen (secondary N) is 1. The summed E-state index contributed by atoms with van der Waals surface area (Å²) in [4.78, 5) is 15.0. The number of carbonyl (C=O) groups excluding carboxylic acids is 1. The standard InChI is InChI=1S/C15H28N2O2/c1-4-15(8-5-9-16-11-15)13(18)17-10-6-7-14(2,12-17)19-3/h16H,4-12H2,1-3H3. The van der Waals surface area contributed by atoms with Crippen LogP contribution in [0.2, 0.25) is 0 Å². The first-order valence-corrected chi connectivity index (χ1v) is 7.60. The number of hydrogen-bond donors (Lipinski definition) is 1. The van der Waals surface area contributed by atoms with Crippen LogP contribution in [0, 0.1) is 5.41 Å². The number of likely N-dealkylation sites (tertiary alicyclic amines) is 1. The van der Waals surface area contributed by atoms with Crippen molar-refractivity contribution in [3.8, 4) is 0 Å². The van der Waals surface area contributed by atoms with Crippen LogP contribution in [0.15, 0.2) is 0 Å². The molecule has 2 unspecified atom stereocenters. The lowest BCUT2D eigenvalue weighted by Gasteiger charge is -2.45. The van der Waals surface area contributed by atoms with Gasteiger partial charge < -0.3 is 15.0 Å². The van der Waals surface area contributed by atoms with E-state index in [-0.39, 0.29) is 11.0 Å². The maximum absolute atomic E-state index is 12.9. The highest BCUT2D eigenvalue weighted by Crippen LogP contribution is 2.34. The number of ether oxygens (including phenoxy) is 1. The molecule has 0 bridgehead atoms. The highest BCUT2D eigenvalue weighted by Gasteiger charge is 2.43. The van der Waals surface area contributed by atoms with Crippen molar-refractivity contribution in [1.82, 2.24) is 10.2 Å². The summed E-state index contributed by atoms with van der Waals surface area (Å²) in [6.45, 7) is 7.77. The third-order valence-electron chi connectivity index (χ3n) is 5.04. The number of piperidine rings is 2. The second kappa shape index (κ2) is 5.80. The van der Waals surface area contributed by atoms with E-state index in [9.17, 15) is 4.79 Å². The topological polar surface area (TPSA) is 41.6 Å². The van der Waals surface area contributed by atoms with E-state index in [1.807, 2.05) is 4.90 Å². The summed E-state index contributed by atoms with van der Waals surface area (Å²) in [7, 11) is 1.76. The van der Waals surface area contributed by atoms with E-state index >= 15 is 0 Å². The van der Waals surface area contributed by atoms with Crippen LogP contribution in [0.4, 0.5) is 0 Å². The first-order valence-electron chi connectivity index (χ1n) is 7.60. The van der Waals surface area contributed by atoms with Gasteiger partial charge in [-0.15, -0.1) is 0 Å². The van der Waals surface area contributed by atoms with Crippen molar-refractivity contribution in [2.75, 3.05) is 33.3 Å². The maximum Gasteiger partial charge on any atom is 0.230 e. The van der Waals surface area contributed by atoms with Gasteiger partial charge in [0.15, 0.2) is 0 Å². The van der Waals surface area contributed by atoms with E-state index in [1.54, 1.807) is 7.11 Å². The monoisotopic (exact) mass is 268 g/mol. The molecule has 1 amide bonds. The fourth-order valence-corrected chi connectivity index (χ4v) is 3.48. The van der Waals surface area contributed by atoms with Gasteiger partial charge in [-0.05, 0) is 45.6 Å². The Morgan fingerprint density at radius 3 is 2.74 bits per heavy atom. The van der Waals surface area contributed by atoms with Gasteiger partial charge in [0.1, 0.15) is 0 Å². The first-order chi connectivity index (χ1) is 9.05. The van der Waals surface area contributed by atoms with Gasteiger partial charge in [-0.25, -0.2) is 0 Å². The number of amides is 1. The lowest BCUT2D eigenvalue weighted by atomic mass is 9.76. The van der Waals surface area contributed by atoms with E-state index in [2.05, 4.69) is 19.2 Å². The maximum atomic E-state index is 12.9. The Morgan fingerprint density at radius 2 is 2.16 bits per heavy atom. The molecule has 0 spiro atoms. The van der Waals surface area contributed by atoms with Crippen LogP contribution in [0.3, 0.4) is 0 Å². The molecule has 2 aliphatic heterocycles. The van der Waals surface area contributed by atoms with Gasteiger partial charge in [-0.3, -0.25) is 4.79 Å². The molecule has 2 fully saturated rings. The van der Waals surface area contributed by atoms with Crippen LogP contribution in [0.25, 0.3) is 0 Å². The number of hydrogen-bond acceptors (Lipinski definition) is 3. The Hall–Kier alpha value is -0.610. The molecule has 0 radical (unpaired) electrons. The van der Waals surface area contributed by atoms with E-state index in [4.69, 9.17) is 4.74 Å². The highest BCUT2D eigenvalue weighted by molar-refractivity contribution is 5.83. The van der Waals surface area contributed by atoms with Crippen molar-refractivity contribution in [2.24, 2.45) is 5.41 Å². The van der Waals surface area contributed by atoms with E-state index in [0.717, 1.165) is 58.3 Å². The van der Waals surface area contributed by atoms with Crippen LogP contribution >= 0.6 is 0 Å². The zero-order valence-electron chi connectivity index (χ0n) is 12.6. The lowest BCUT2D eigenvalue weighted by Crippen LogP contribution is -2.57. The zero-order chi connectivity index (χ0) is 13.9. The van der Waals surface area contributed by atoms with Crippen molar-refractivity contribution in [1.29, 1.82) is 0 Å². The van der Waals surface area contributed by atoms with Crippen molar-refractivity contribution in [3.05, 3.63) is 0 Å². The fraction of sp³-hybridized carbons (Fsp3) is 0.933. The van der Waals surface area contributed by atoms with Gasteiger partial charge in [0.25, 0.3) is 0 Å². The summed E-state index contributed by atoms with van der Waals surface area (Å²) in [5.74, 6) is 0.338. The Kier molecular flexibility index (Phi) is 4.51. The molecular formula is C15H28N2O2. The van der Waals surface area contributed by atoms with Crippen LogP contribution in [-0.4, -0.2) is 49.7 Å². The van der Waals surface area contributed by atoms with Crippen molar-refractivity contribution in [2.45, 2.75) is 51.6 Å². The van der Waals surface area contributed by atoms with E-state index in [0.29, 0.717) is 5.91 Å². The van der Waals surface area contributed by atoms with Gasteiger partial charge in [0.2, 0.25) is 5.91 Å². The highest BCUT2D eigenvalue weighted by atomic mass is 16.5. The minimum absolute atomic E-state index is 0.162. The molecule has 2 atom stereocenters. The molecule has 0 aromatic rings. The molecule has 19 heavy (non-hydrogen) atoms. The molecule has 2 saturated heterocycles. The molecule has 2 rings (SSSR count). The Morgan fingerprint density at radius 1 is 1.37 bits per heavy atom. The first kappa shape index (κ1) is 14.8. The molecule has 0 aliphatic carbocycles. The summed E-state index contributed by atoms with van der Waals surface area (Å²) >= 11 is 0. The van der Waals surface area contributed by atoms with Crippen molar-refractivity contribution in [3.63, 3.8) is 0 Å². The van der Waals surface area contributed by atoms with Gasteiger partial charge in [-0.2, -0.15) is 0 Å². The zero-order valence-corrected chi connectivity index (χ0v) is 12.6. The molecule has 4 nitrogen and oxygen atoms in total. The summed E-state index contributed by atoms with van der Waals surface area (Å²) in [6.07, 6.45) is 5.15. The third kappa shape index (κ3) is 2.95. The predicted molar refractivity (Wildman–Crippen MR) is 76.1 cm³/mol. The molecule has 0 aromatic carbocycles. The number of rotatable bonds is 3. The van der Waals surface area contributed by atoms with Crippen molar-refractivity contribution >= 4 is 5.91 Å². The van der Waals surface area contributed by atoms with Crippen LogP contribution < -0.4 is 5.32 Å². The Labute approximate surface area is 116 Å². The molecule has 2 aliphatic rings. The van der Waals surface area contributed by atoms with Crippen molar-refractivity contribution < 1.29 is 9.53 Å². The smallest absolute Gasteiger partial charge is 0.230 e. The van der Waals surface area contributed by atoms with Gasteiger partial charge >= 0.3 is 0 Å². The SMILES string of the molecule is CCC1(C(=O)N2CCCC(C)(OC)C2)CCCNC1. The summed E-state index contributed by atoms with van der Waals surface area (Å²) < 4.78 is 5.60. The van der Waals surface area contributed by atoms with Gasteiger partial charge in [0.05, 0.1) is 11.0 Å². The Balaban J connectivity index is 2.09. The molecular weight excluding hydrogens is 240 g/mol. The summed E-state index contributed by atoms with van der Waals surface area (Å²) in [5, 5.41) is 3.40. The average molecular weight is 268 g/mol. The molecule has 4 heteroatoms. The average Bonchev–Trinajstić information content (AvgIpc) is 2.47. The van der Waals surface area contributed by atoms with Crippen LogP contribution in [0.1, 0.15) is 46.0 Å². The van der Waals surface area contributed by atoms with Gasteiger partial charge in [-0.1, -0.05) is 6.92 Å². The minimum Gasteiger partial charge on any atom is -0.377 e. The number of carbonyl (C=O) groups is 1. The number of methoxy groups -OCH3 is 1.